The molecule has 1 aromatic heterocycles. The molecule has 1 saturated heterocycles. The third-order valence-corrected chi connectivity index (χ3v) is 5.27. The zero-order valence-electron chi connectivity index (χ0n) is 17.4. The van der Waals surface area contributed by atoms with Crippen LogP contribution in [0, 0.1) is 0 Å². The molecule has 31 heavy (non-hydrogen) atoms. The first-order chi connectivity index (χ1) is 15.1. The van der Waals surface area contributed by atoms with E-state index in [1.54, 1.807) is 49.6 Å². The highest BCUT2D eigenvalue weighted by atomic mass is 16.6. The van der Waals surface area contributed by atoms with Crippen LogP contribution in [-0.2, 0) is 11.2 Å². The van der Waals surface area contributed by atoms with Gasteiger partial charge < -0.3 is 28.8 Å². The van der Waals surface area contributed by atoms with Gasteiger partial charge in [-0.25, -0.2) is 4.79 Å². The third-order valence-electron chi connectivity index (χ3n) is 5.27. The molecule has 4 rings (SSSR count). The summed E-state index contributed by atoms with van der Waals surface area (Å²) in [7, 11) is 3.19. The minimum atomic E-state index is -0.379. The van der Waals surface area contributed by atoms with Crippen molar-refractivity contribution in [3.8, 4) is 17.2 Å². The number of carbonyl (C=O) groups is 1. The number of benzene rings is 2. The summed E-state index contributed by atoms with van der Waals surface area (Å²) in [5.41, 5.74) is 0.864. The number of pyridine rings is 1. The Morgan fingerprint density at radius 2 is 1.87 bits per heavy atom. The first-order valence-corrected chi connectivity index (χ1v) is 9.98. The number of nitrogens with one attached hydrogen (secondary N) is 1. The number of rotatable bonds is 8. The lowest BCUT2D eigenvalue weighted by Gasteiger charge is -2.14. The molecule has 2 heterocycles. The van der Waals surface area contributed by atoms with E-state index in [-0.39, 0.29) is 24.4 Å². The van der Waals surface area contributed by atoms with Gasteiger partial charge >= 0.3 is 6.09 Å². The van der Waals surface area contributed by atoms with Crippen molar-refractivity contribution in [3.63, 3.8) is 0 Å². The van der Waals surface area contributed by atoms with Crippen LogP contribution in [0.3, 0.4) is 0 Å². The molecule has 162 valence electrons. The molecular weight excluding hydrogens is 400 g/mol. The second kappa shape index (κ2) is 8.99. The highest BCUT2D eigenvalue weighted by Gasteiger charge is 2.31. The van der Waals surface area contributed by atoms with E-state index in [2.05, 4.69) is 4.98 Å². The normalized spacial score (nSPS) is 15.7. The summed E-state index contributed by atoms with van der Waals surface area (Å²) in [6.45, 7) is 1.18. The first kappa shape index (κ1) is 20.6. The molecular formula is C23H24N2O6. The Bertz CT molecular complexity index is 1140. The van der Waals surface area contributed by atoms with Crippen LogP contribution in [0.15, 0.2) is 53.5 Å². The van der Waals surface area contributed by atoms with Gasteiger partial charge in [0.1, 0.15) is 12.4 Å². The van der Waals surface area contributed by atoms with Crippen molar-refractivity contribution < 1.29 is 23.7 Å². The second-order valence-electron chi connectivity index (χ2n) is 7.23. The van der Waals surface area contributed by atoms with Crippen LogP contribution in [0.4, 0.5) is 4.79 Å². The van der Waals surface area contributed by atoms with E-state index in [0.29, 0.717) is 42.1 Å². The Morgan fingerprint density at radius 1 is 1.03 bits per heavy atom. The molecule has 3 aromatic rings. The summed E-state index contributed by atoms with van der Waals surface area (Å²) in [5.74, 6) is 1.91. The quantitative estimate of drug-likeness (QED) is 0.598. The number of ether oxygens (including phenoxy) is 4. The zero-order chi connectivity index (χ0) is 21.8. The van der Waals surface area contributed by atoms with Crippen molar-refractivity contribution in [2.24, 2.45) is 0 Å². The molecule has 2 aromatic carbocycles. The summed E-state index contributed by atoms with van der Waals surface area (Å²) >= 11 is 0. The average molecular weight is 424 g/mol. The molecule has 1 unspecified atom stereocenters. The maximum absolute atomic E-state index is 12.3. The number of methoxy groups -OCH3 is 2. The van der Waals surface area contributed by atoms with Gasteiger partial charge in [0.25, 0.3) is 5.56 Å². The number of cyclic esters (lactones) is 1. The van der Waals surface area contributed by atoms with Gasteiger partial charge in [0, 0.05) is 18.1 Å². The lowest BCUT2D eigenvalue weighted by atomic mass is 10.1. The standard InChI is InChI=1S/C23H24N2O6/c1-28-20-7-6-15(12-21(20)29-2)9-11-25-13-16(31-23(25)27)14-30-19-5-3-4-18-17(19)8-10-24-22(18)26/h3-8,10,12,16H,9,11,13-14H2,1-2H3,(H,24,26). The fourth-order valence-corrected chi connectivity index (χ4v) is 3.65. The van der Waals surface area contributed by atoms with E-state index in [1.807, 2.05) is 18.2 Å². The molecule has 8 nitrogen and oxygen atoms in total. The Morgan fingerprint density at radius 3 is 2.68 bits per heavy atom. The predicted octanol–water partition coefficient (Wildman–Crippen LogP) is 2.99. The van der Waals surface area contributed by atoms with Gasteiger partial charge in [0.2, 0.25) is 0 Å². The fourth-order valence-electron chi connectivity index (χ4n) is 3.65. The lowest BCUT2D eigenvalue weighted by Crippen LogP contribution is -2.28. The molecule has 0 bridgehead atoms. The number of carbonyl (C=O) groups excluding carboxylic acids is 1. The first-order valence-electron chi connectivity index (χ1n) is 9.98. The maximum atomic E-state index is 12.3. The van der Waals surface area contributed by atoms with Crippen LogP contribution >= 0.6 is 0 Å². The number of hydrogen-bond acceptors (Lipinski definition) is 6. The second-order valence-corrected chi connectivity index (χ2v) is 7.23. The van der Waals surface area contributed by atoms with Crippen LogP contribution in [-0.4, -0.2) is 56.0 Å². The van der Waals surface area contributed by atoms with E-state index in [0.717, 1.165) is 10.9 Å². The molecule has 0 aliphatic carbocycles. The minimum Gasteiger partial charge on any atom is -0.493 e. The van der Waals surface area contributed by atoms with Crippen molar-refractivity contribution >= 4 is 16.9 Å². The van der Waals surface area contributed by atoms with Gasteiger partial charge in [-0.15, -0.1) is 0 Å². The van der Waals surface area contributed by atoms with Crippen molar-refractivity contribution in [1.82, 2.24) is 9.88 Å². The lowest BCUT2D eigenvalue weighted by molar-refractivity contribution is 0.103. The number of hydrogen-bond donors (Lipinski definition) is 1. The molecule has 1 amide bonds. The monoisotopic (exact) mass is 424 g/mol. The molecule has 0 saturated carbocycles. The van der Waals surface area contributed by atoms with Gasteiger partial charge in [-0.3, -0.25) is 4.79 Å². The number of amides is 1. The smallest absolute Gasteiger partial charge is 0.410 e. The van der Waals surface area contributed by atoms with Gasteiger partial charge in [0.05, 0.1) is 26.2 Å². The molecule has 1 atom stereocenters. The summed E-state index contributed by atoms with van der Waals surface area (Å²) < 4.78 is 21.9. The van der Waals surface area contributed by atoms with Gasteiger partial charge in [0.15, 0.2) is 17.6 Å². The summed E-state index contributed by atoms with van der Waals surface area (Å²) in [6, 6.07) is 12.8. The predicted molar refractivity (Wildman–Crippen MR) is 115 cm³/mol. The molecule has 0 radical (unpaired) electrons. The molecule has 8 heteroatoms. The summed E-state index contributed by atoms with van der Waals surface area (Å²) in [5, 5.41) is 1.28. The van der Waals surface area contributed by atoms with E-state index >= 15 is 0 Å². The van der Waals surface area contributed by atoms with Crippen LogP contribution in [0.25, 0.3) is 10.8 Å². The highest BCUT2D eigenvalue weighted by molar-refractivity contribution is 5.87. The average Bonchev–Trinajstić information content (AvgIpc) is 3.15. The SMILES string of the molecule is COc1ccc(CCN2CC(COc3cccc4c(=O)[nH]ccc34)OC2=O)cc1OC. The molecule has 1 aliphatic rings. The topological polar surface area (TPSA) is 90.1 Å². The Hall–Kier alpha value is -3.68. The Labute approximate surface area is 179 Å². The largest absolute Gasteiger partial charge is 0.493 e. The third kappa shape index (κ3) is 4.42. The summed E-state index contributed by atoms with van der Waals surface area (Å²) in [4.78, 5) is 28.5. The zero-order valence-corrected chi connectivity index (χ0v) is 17.4. The van der Waals surface area contributed by atoms with Crippen molar-refractivity contribution in [2.75, 3.05) is 33.9 Å². The van der Waals surface area contributed by atoms with Crippen LogP contribution in [0.5, 0.6) is 17.2 Å². The van der Waals surface area contributed by atoms with Crippen molar-refractivity contribution in [2.45, 2.75) is 12.5 Å². The number of H-pyrrole nitrogens is 1. The Balaban J connectivity index is 1.35. The maximum Gasteiger partial charge on any atom is 0.410 e. The Kier molecular flexibility index (Phi) is 5.97. The van der Waals surface area contributed by atoms with Crippen LogP contribution in [0.2, 0.25) is 0 Å². The van der Waals surface area contributed by atoms with Crippen LogP contribution < -0.4 is 19.8 Å². The number of aromatic amines is 1. The van der Waals surface area contributed by atoms with Crippen LogP contribution in [0.1, 0.15) is 5.56 Å². The van der Waals surface area contributed by atoms with Gasteiger partial charge in [-0.2, -0.15) is 0 Å². The van der Waals surface area contributed by atoms with Crippen molar-refractivity contribution in [3.05, 3.63) is 64.6 Å². The van der Waals surface area contributed by atoms with E-state index in [9.17, 15) is 9.59 Å². The van der Waals surface area contributed by atoms with Gasteiger partial charge in [-0.05, 0) is 42.3 Å². The minimum absolute atomic E-state index is 0.170. The van der Waals surface area contributed by atoms with E-state index in [4.69, 9.17) is 18.9 Å². The van der Waals surface area contributed by atoms with Gasteiger partial charge in [-0.1, -0.05) is 12.1 Å². The summed E-state index contributed by atoms with van der Waals surface area (Å²) in [6.07, 6.45) is 1.51. The molecule has 1 fully saturated rings. The molecule has 1 N–H and O–H groups in total. The number of aromatic nitrogens is 1. The van der Waals surface area contributed by atoms with Crippen molar-refractivity contribution in [1.29, 1.82) is 0 Å². The molecule has 1 aliphatic heterocycles. The fraction of sp³-hybridized carbons (Fsp3) is 0.304. The number of fused-ring (bicyclic) bond motifs is 1. The number of nitrogens with zero attached hydrogens (tertiary/aromatic N) is 1. The highest BCUT2D eigenvalue weighted by Crippen LogP contribution is 2.28. The molecule has 0 spiro atoms. The van der Waals surface area contributed by atoms with E-state index in [1.165, 1.54) is 0 Å². The van der Waals surface area contributed by atoms with E-state index < -0.39 is 0 Å².